The summed E-state index contributed by atoms with van der Waals surface area (Å²) in [6, 6.07) is 6.02. The number of ether oxygens (including phenoxy) is 1. The molecule has 18 heavy (non-hydrogen) atoms. The van der Waals surface area contributed by atoms with Crippen molar-refractivity contribution in [1.82, 2.24) is 9.88 Å². The lowest BCUT2D eigenvalue weighted by Gasteiger charge is -2.42. The van der Waals surface area contributed by atoms with Crippen LogP contribution in [0.25, 0.3) is 0 Å². The Balaban J connectivity index is 2.07. The van der Waals surface area contributed by atoms with Gasteiger partial charge in [-0.2, -0.15) is 0 Å². The number of aromatic nitrogens is 1. The van der Waals surface area contributed by atoms with Gasteiger partial charge in [-0.25, -0.2) is 0 Å². The third-order valence-corrected chi connectivity index (χ3v) is 4.22. The maximum Gasteiger partial charge on any atom is 0.0544 e. The van der Waals surface area contributed by atoms with Gasteiger partial charge in [0.15, 0.2) is 0 Å². The average molecular weight is 249 g/mol. The van der Waals surface area contributed by atoms with Crippen LogP contribution in [0, 0.1) is 5.92 Å². The van der Waals surface area contributed by atoms with Crippen LogP contribution in [0.15, 0.2) is 24.4 Å². The fourth-order valence-corrected chi connectivity index (χ4v) is 2.57. The lowest BCUT2D eigenvalue weighted by atomic mass is 9.83. The fourth-order valence-electron chi connectivity index (χ4n) is 2.57. The van der Waals surface area contributed by atoms with Crippen molar-refractivity contribution >= 4 is 0 Å². The van der Waals surface area contributed by atoms with Crippen LogP contribution in [0.3, 0.4) is 0 Å². The van der Waals surface area contributed by atoms with Gasteiger partial charge in [0.2, 0.25) is 0 Å². The van der Waals surface area contributed by atoms with Crippen LogP contribution in [0.4, 0.5) is 0 Å². The molecular formula is C14H23N3O. The summed E-state index contributed by atoms with van der Waals surface area (Å²) in [5.41, 5.74) is 7.09. The highest BCUT2D eigenvalue weighted by atomic mass is 16.5. The van der Waals surface area contributed by atoms with Crippen molar-refractivity contribution in [3.63, 3.8) is 0 Å². The molecule has 1 fully saturated rings. The largest absolute Gasteiger partial charge is 0.381 e. The van der Waals surface area contributed by atoms with Gasteiger partial charge in [0.1, 0.15) is 0 Å². The van der Waals surface area contributed by atoms with Gasteiger partial charge in [0, 0.05) is 37.4 Å². The first-order valence-electron chi connectivity index (χ1n) is 6.56. The summed E-state index contributed by atoms with van der Waals surface area (Å²) in [6.07, 6.45) is 2.93. The Hall–Kier alpha value is -0.970. The second-order valence-electron chi connectivity index (χ2n) is 5.30. The molecule has 0 aromatic carbocycles. The van der Waals surface area contributed by atoms with E-state index in [1.165, 1.54) is 0 Å². The normalized spacial score (nSPS) is 23.2. The molecule has 4 nitrogen and oxygen atoms in total. The molecular weight excluding hydrogens is 226 g/mol. The minimum absolute atomic E-state index is 0.0198. The molecule has 1 aromatic rings. The molecule has 2 atom stereocenters. The maximum absolute atomic E-state index is 6.02. The van der Waals surface area contributed by atoms with Crippen molar-refractivity contribution in [3.05, 3.63) is 30.1 Å². The summed E-state index contributed by atoms with van der Waals surface area (Å²) in [6.45, 7) is 5.38. The molecule has 0 bridgehead atoms. The Morgan fingerprint density at radius 3 is 2.94 bits per heavy atom. The fraction of sp³-hybridized carbons (Fsp3) is 0.643. The van der Waals surface area contributed by atoms with Crippen LogP contribution < -0.4 is 5.73 Å². The molecule has 1 aliphatic heterocycles. The van der Waals surface area contributed by atoms with Crippen molar-refractivity contribution in [2.45, 2.75) is 25.4 Å². The molecule has 100 valence electrons. The zero-order valence-corrected chi connectivity index (χ0v) is 11.3. The first kappa shape index (κ1) is 13.5. The van der Waals surface area contributed by atoms with E-state index in [-0.39, 0.29) is 5.54 Å². The molecule has 2 N–H and O–H groups in total. The zero-order chi connectivity index (χ0) is 13.0. The Morgan fingerprint density at radius 1 is 1.56 bits per heavy atom. The van der Waals surface area contributed by atoms with Gasteiger partial charge in [-0.05, 0) is 32.5 Å². The monoisotopic (exact) mass is 249 g/mol. The van der Waals surface area contributed by atoms with E-state index in [2.05, 4.69) is 29.9 Å². The standard InChI is InChI=1S/C14H23N3O/c1-14(11-15,12-6-8-18-10-12)17(2)9-13-5-3-4-7-16-13/h3-5,7,12H,6,8-11,15H2,1-2H3. The molecule has 1 saturated heterocycles. The van der Waals surface area contributed by atoms with E-state index in [0.29, 0.717) is 12.5 Å². The topological polar surface area (TPSA) is 51.4 Å². The molecule has 0 spiro atoms. The van der Waals surface area contributed by atoms with Crippen molar-refractivity contribution < 1.29 is 4.74 Å². The van der Waals surface area contributed by atoms with Gasteiger partial charge in [-0.15, -0.1) is 0 Å². The number of hydrogen-bond donors (Lipinski definition) is 1. The molecule has 1 aromatic heterocycles. The van der Waals surface area contributed by atoms with E-state index in [1.807, 2.05) is 18.3 Å². The van der Waals surface area contributed by atoms with E-state index >= 15 is 0 Å². The molecule has 0 saturated carbocycles. The Labute approximate surface area is 109 Å². The highest BCUT2D eigenvalue weighted by Gasteiger charge is 2.38. The first-order valence-corrected chi connectivity index (χ1v) is 6.56. The molecule has 0 aliphatic carbocycles. The second kappa shape index (κ2) is 5.78. The highest BCUT2D eigenvalue weighted by molar-refractivity contribution is 5.05. The summed E-state index contributed by atoms with van der Waals surface area (Å²) < 4.78 is 5.51. The zero-order valence-electron chi connectivity index (χ0n) is 11.3. The van der Waals surface area contributed by atoms with E-state index in [1.54, 1.807) is 0 Å². The van der Waals surface area contributed by atoms with Gasteiger partial charge in [0.25, 0.3) is 0 Å². The number of rotatable bonds is 5. The first-order chi connectivity index (χ1) is 8.66. The summed E-state index contributed by atoms with van der Waals surface area (Å²) in [7, 11) is 2.12. The average Bonchev–Trinajstić information content (AvgIpc) is 2.93. The van der Waals surface area contributed by atoms with Crippen molar-refractivity contribution in [3.8, 4) is 0 Å². The minimum atomic E-state index is -0.0198. The van der Waals surface area contributed by atoms with Crippen LogP contribution in [-0.4, -0.2) is 42.2 Å². The maximum atomic E-state index is 6.02. The van der Waals surface area contributed by atoms with Crippen LogP contribution in [0.5, 0.6) is 0 Å². The number of nitrogens with zero attached hydrogens (tertiary/aromatic N) is 2. The highest BCUT2D eigenvalue weighted by Crippen LogP contribution is 2.30. The van der Waals surface area contributed by atoms with E-state index in [9.17, 15) is 0 Å². The molecule has 1 aliphatic rings. The second-order valence-corrected chi connectivity index (χ2v) is 5.30. The van der Waals surface area contributed by atoms with E-state index < -0.39 is 0 Å². The van der Waals surface area contributed by atoms with E-state index in [0.717, 1.165) is 31.9 Å². The summed E-state index contributed by atoms with van der Waals surface area (Å²) in [5, 5.41) is 0. The van der Waals surface area contributed by atoms with E-state index in [4.69, 9.17) is 10.5 Å². The molecule has 2 rings (SSSR count). The van der Waals surface area contributed by atoms with Crippen molar-refractivity contribution in [2.75, 3.05) is 26.8 Å². The SMILES string of the molecule is CN(Cc1ccccn1)C(C)(CN)C1CCOC1. The number of pyridine rings is 1. The minimum Gasteiger partial charge on any atom is -0.381 e. The number of likely N-dealkylation sites (N-methyl/N-ethyl adjacent to an activating group) is 1. The predicted molar refractivity (Wildman–Crippen MR) is 72.1 cm³/mol. The van der Waals surface area contributed by atoms with Crippen LogP contribution >= 0.6 is 0 Å². The van der Waals surface area contributed by atoms with Gasteiger partial charge < -0.3 is 10.5 Å². The Morgan fingerprint density at radius 2 is 2.39 bits per heavy atom. The summed E-state index contributed by atoms with van der Waals surface area (Å²) in [4.78, 5) is 6.69. The lowest BCUT2D eigenvalue weighted by Crippen LogP contribution is -2.54. The summed E-state index contributed by atoms with van der Waals surface area (Å²) >= 11 is 0. The van der Waals surface area contributed by atoms with Gasteiger partial charge in [-0.1, -0.05) is 6.07 Å². The molecule has 0 radical (unpaired) electrons. The quantitative estimate of drug-likeness (QED) is 0.854. The number of hydrogen-bond acceptors (Lipinski definition) is 4. The third kappa shape index (κ3) is 2.71. The van der Waals surface area contributed by atoms with Gasteiger partial charge in [0.05, 0.1) is 12.3 Å². The van der Waals surface area contributed by atoms with Gasteiger partial charge >= 0.3 is 0 Å². The van der Waals surface area contributed by atoms with Crippen LogP contribution in [-0.2, 0) is 11.3 Å². The molecule has 0 amide bonds. The third-order valence-electron chi connectivity index (χ3n) is 4.22. The van der Waals surface area contributed by atoms with Crippen molar-refractivity contribution in [2.24, 2.45) is 11.7 Å². The summed E-state index contributed by atoms with van der Waals surface area (Å²) in [5.74, 6) is 0.510. The van der Waals surface area contributed by atoms with Crippen molar-refractivity contribution in [1.29, 1.82) is 0 Å². The molecule has 2 heterocycles. The lowest BCUT2D eigenvalue weighted by molar-refractivity contribution is 0.0600. The predicted octanol–water partition coefficient (Wildman–Crippen LogP) is 1.27. The smallest absolute Gasteiger partial charge is 0.0544 e. The Bertz CT molecular complexity index is 365. The number of nitrogens with two attached hydrogens (primary N) is 1. The van der Waals surface area contributed by atoms with Crippen LogP contribution in [0.2, 0.25) is 0 Å². The van der Waals surface area contributed by atoms with Gasteiger partial charge in [-0.3, -0.25) is 9.88 Å². The molecule has 4 heteroatoms. The van der Waals surface area contributed by atoms with Crippen LogP contribution in [0.1, 0.15) is 19.0 Å². The Kier molecular flexibility index (Phi) is 4.32. The molecule has 2 unspecified atom stereocenters.